The molecule has 0 heterocycles. The van der Waals surface area contributed by atoms with E-state index in [-0.39, 0.29) is 6.61 Å². The summed E-state index contributed by atoms with van der Waals surface area (Å²) in [5.74, 6) is 1.77. The van der Waals surface area contributed by atoms with Gasteiger partial charge in [0.15, 0.2) is 0 Å². The van der Waals surface area contributed by atoms with E-state index in [4.69, 9.17) is 10.5 Å². The molecule has 0 aliphatic heterocycles. The van der Waals surface area contributed by atoms with Crippen molar-refractivity contribution < 1.29 is 9.84 Å². The first-order valence-corrected chi connectivity index (χ1v) is 8.28. The molecule has 1 aromatic rings. The third-order valence-corrected chi connectivity index (χ3v) is 3.99. The number of likely N-dealkylation sites (N-methyl/N-ethyl adjacent to an activating group) is 1. The van der Waals surface area contributed by atoms with E-state index in [1.807, 2.05) is 37.0 Å². The van der Waals surface area contributed by atoms with Gasteiger partial charge in [0.05, 0.1) is 5.69 Å². The summed E-state index contributed by atoms with van der Waals surface area (Å²) in [5.41, 5.74) is 6.39. The Balaban J connectivity index is 2.32. The highest BCUT2D eigenvalue weighted by atomic mass is 32.2. The molecule has 0 aromatic heterocycles. The van der Waals surface area contributed by atoms with Crippen LogP contribution in [0.4, 0.5) is 5.69 Å². The average Bonchev–Trinajstić information content (AvgIpc) is 2.43. The van der Waals surface area contributed by atoms with E-state index < -0.39 is 6.10 Å². The van der Waals surface area contributed by atoms with Gasteiger partial charge >= 0.3 is 0 Å². The largest absolute Gasteiger partial charge is 0.489 e. The van der Waals surface area contributed by atoms with Crippen LogP contribution in [-0.4, -0.2) is 54.4 Å². The summed E-state index contributed by atoms with van der Waals surface area (Å²) < 4.78 is 5.55. The SMILES string of the molecule is CSCCC(C)N(C)CC(O)COc1ccccc1N. The first-order chi connectivity index (χ1) is 9.54. The second kappa shape index (κ2) is 9.10. The number of hydrogen-bond acceptors (Lipinski definition) is 5. The van der Waals surface area contributed by atoms with Crippen molar-refractivity contribution in [3.63, 3.8) is 0 Å². The van der Waals surface area contributed by atoms with Crippen molar-refractivity contribution in [1.82, 2.24) is 4.90 Å². The van der Waals surface area contributed by atoms with Gasteiger partial charge in [-0.15, -0.1) is 0 Å². The summed E-state index contributed by atoms with van der Waals surface area (Å²) in [6.45, 7) is 3.04. The van der Waals surface area contributed by atoms with Gasteiger partial charge in [0.2, 0.25) is 0 Å². The summed E-state index contributed by atoms with van der Waals surface area (Å²) in [6.07, 6.45) is 2.72. The number of anilines is 1. The zero-order valence-corrected chi connectivity index (χ0v) is 13.4. The molecule has 4 nitrogen and oxygen atoms in total. The predicted molar refractivity (Wildman–Crippen MR) is 87.4 cm³/mol. The van der Waals surface area contributed by atoms with E-state index in [2.05, 4.69) is 18.1 Å². The lowest BCUT2D eigenvalue weighted by molar-refractivity contribution is 0.0653. The van der Waals surface area contributed by atoms with Gasteiger partial charge < -0.3 is 20.5 Å². The maximum atomic E-state index is 10.0. The van der Waals surface area contributed by atoms with Gasteiger partial charge in [-0.1, -0.05) is 12.1 Å². The topological polar surface area (TPSA) is 58.7 Å². The number of thioether (sulfide) groups is 1. The van der Waals surface area contributed by atoms with Gasteiger partial charge in [0, 0.05) is 12.6 Å². The molecule has 0 amide bonds. The number of nitrogens with two attached hydrogens (primary N) is 1. The number of para-hydroxylation sites is 2. The molecule has 0 spiro atoms. The lowest BCUT2D eigenvalue weighted by atomic mass is 10.2. The number of rotatable bonds is 9. The summed E-state index contributed by atoms with van der Waals surface area (Å²) in [7, 11) is 2.03. The van der Waals surface area contributed by atoms with E-state index in [0.29, 0.717) is 24.0 Å². The smallest absolute Gasteiger partial charge is 0.142 e. The van der Waals surface area contributed by atoms with Crippen molar-refractivity contribution in [2.24, 2.45) is 0 Å². The molecular weight excluding hydrogens is 272 g/mol. The van der Waals surface area contributed by atoms with Crippen molar-refractivity contribution in [3.8, 4) is 5.75 Å². The summed E-state index contributed by atoms with van der Waals surface area (Å²) in [5, 5.41) is 10.0. The molecule has 0 fully saturated rings. The number of hydrogen-bond donors (Lipinski definition) is 2. The van der Waals surface area contributed by atoms with Crippen LogP contribution in [0.2, 0.25) is 0 Å². The second-order valence-electron chi connectivity index (χ2n) is 5.07. The Hall–Kier alpha value is -0.910. The van der Waals surface area contributed by atoms with Crippen LogP contribution in [0.25, 0.3) is 0 Å². The molecule has 1 aromatic carbocycles. The Morgan fingerprint density at radius 2 is 2.10 bits per heavy atom. The fraction of sp³-hybridized carbons (Fsp3) is 0.600. The quantitative estimate of drug-likeness (QED) is 0.684. The highest BCUT2D eigenvalue weighted by molar-refractivity contribution is 7.98. The molecular formula is C15H26N2O2S. The molecule has 0 aliphatic rings. The summed E-state index contributed by atoms with van der Waals surface area (Å²) >= 11 is 1.85. The van der Waals surface area contributed by atoms with Crippen LogP contribution in [0.1, 0.15) is 13.3 Å². The van der Waals surface area contributed by atoms with Crippen molar-refractivity contribution in [2.75, 3.05) is 37.9 Å². The normalized spacial score (nSPS) is 14.2. The van der Waals surface area contributed by atoms with Crippen molar-refractivity contribution in [1.29, 1.82) is 0 Å². The van der Waals surface area contributed by atoms with Gasteiger partial charge in [-0.25, -0.2) is 0 Å². The van der Waals surface area contributed by atoms with Gasteiger partial charge in [0.1, 0.15) is 18.5 Å². The van der Waals surface area contributed by atoms with Crippen LogP contribution in [0.3, 0.4) is 0 Å². The molecule has 0 saturated heterocycles. The van der Waals surface area contributed by atoms with Gasteiger partial charge in [0.25, 0.3) is 0 Å². The van der Waals surface area contributed by atoms with E-state index in [1.54, 1.807) is 6.07 Å². The molecule has 2 unspecified atom stereocenters. The van der Waals surface area contributed by atoms with Crippen LogP contribution >= 0.6 is 11.8 Å². The summed E-state index contributed by atoms with van der Waals surface area (Å²) in [6, 6.07) is 7.79. The minimum Gasteiger partial charge on any atom is -0.489 e. The lowest BCUT2D eigenvalue weighted by Gasteiger charge is -2.26. The Kier molecular flexibility index (Phi) is 7.80. The molecule has 5 heteroatoms. The van der Waals surface area contributed by atoms with E-state index in [1.165, 1.54) is 0 Å². The van der Waals surface area contributed by atoms with Crippen molar-refractivity contribution in [3.05, 3.63) is 24.3 Å². The van der Waals surface area contributed by atoms with Gasteiger partial charge in [-0.2, -0.15) is 11.8 Å². The molecule has 1 rings (SSSR count). The number of aliphatic hydroxyl groups is 1. The fourth-order valence-corrected chi connectivity index (χ4v) is 2.45. The maximum Gasteiger partial charge on any atom is 0.142 e. The van der Waals surface area contributed by atoms with E-state index in [0.717, 1.165) is 12.2 Å². The zero-order valence-electron chi connectivity index (χ0n) is 12.6. The lowest BCUT2D eigenvalue weighted by Crippen LogP contribution is -2.38. The molecule has 114 valence electrons. The maximum absolute atomic E-state index is 10.0. The third-order valence-electron chi connectivity index (χ3n) is 3.34. The van der Waals surface area contributed by atoms with Crippen LogP contribution in [0.5, 0.6) is 5.75 Å². The predicted octanol–water partition coefficient (Wildman–Crippen LogP) is 2.08. The Morgan fingerprint density at radius 1 is 1.40 bits per heavy atom. The van der Waals surface area contributed by atoms with Gasteiger partial charge in [-0.3, -0.25) is 0 Å². The molecule has 0 saturated carbocycles. The van der Waals surface area contributed by atoms with Crippen LogP contribution in [0.15, 0.2) is 24.3 Å². The van der Waals surface area contributed by atoms with Crippen molar-refractivity contribution >= 4 is 17.4 Å². The Labute approximate surface area is 126 Å². The van der Waals surface area contributed by atoms with Crippen LogP contribution in [0, 0.1) is 0 Å². The number of nitrogens with zero attached hydrogens (tertiary/aromatic N) is 1. The van der Waals surface area contributed by atoms with E-state index >= 15 is 0 Å². The Morgan fingerprint density at radius 3 is 2.75 bits per heavy atom. The monoisotopic (exact) mass is 298 g/mol. The zero-order chi connectivity index (χ0) is 15.0. The van der Waals surface area contributed by atoms with Crippen LogP contribution < -0.4 is 10.5 Å². The average molecular weight is 298 g/mol. The van der Waals surface area contributed by atoms with Gasteiger partial charge in [-0.05, 0) is 44.5 Å². The molecule has 3 N–H and O–H groups in total. The molecule has 2 atom stereocenters. The first-order valence-electron chi connectivity index (χ1n) is 6.89. The first kappa shape index (κ1) is 17.1. The molecule has 0 radical (unpaired) electrons. The number of aliphatic hydroxyl groups excluding tert-OH is 1. The highest BCUT2D eigenvalue weighted by Crippen LogP contribution is 2.19. The molecule has 0 aliphatic carbocycles. The van der Waals surface area contributed by atoms with E-state index in [9.17, 15) is 5.11 Å². The number of benzene rings is 1. The summed E-state index contributed by atoms with van der Waals surface area (Å²) in [4.78, 5) is 2.17. The number of ether oxygens (including phenoxy) is 1. The Bertz CT molecular complexity index is 390. The fourth-order valence-electron chi connectivity index (χ4n) is 1.87. The van der Waals surface area contributed by atoms with Crippen LogP contribution in [-0.2, 0) is 0 Å². The standard InChI is InChI=1S/C15H26N2O2S/c1-12(8-9-20-3)17(2)10-13(18)11-19-15-7-5-4-6-14(15)16/h4-7,12-13,18H,8-11,16H2,1-3H3. The molecule has 0 bridgehead atoms. The second-order valence-corrected chi connectivity index (χ2v) is 6.06. The number of nitrogen functional groups attached to an aromatic ring is 1. The van der Waals surface area contributed by atoms with Crippen molar-refractivity contribution in [2.45, 2.75) is 25.5 Å². The minimum atomic E-state index is -0.517. The highest BCUT2D eigenvalue weighted by Gasteiger charge is 2.14. The molecule has 20 heavy (non-hydrogen) atoms. The minimum absolute atomic E-state index is 0.258. The third kappa shape index (κ3) is 6.03.